The van der Waals surface area contributed by atoms with E-state index in [-0.39, 0.29) is 17.7 Å². The Labute approximate surface area is 138 Å². The first-order chi connectivity index (χ1) is 11.2. The van der Waals surface area contributed by atoms with Gasteiger partial charge in [0.1, 0.15) is 0 Å². The van der Waals surface area contributed by atoms with E-state index in [2.05, 4.69) is 10.6 Å². The third-order valence-electron chi connectivity index (χ3n) is 4.14. The highest BCUT2D eigenvalue weighted by Crippen LogP contribution is 2.17. The van der Waals surface area contributed by atoms with Gasteiger partial charge in [0.2, 0.25) is 11.8 Å². The van der Waals surface area contributed by atoms with Crippen LogP contribution < -0.4 is 10.6 Å². The lowest BCUT2D eigenvalue weighted by Crippen LogP contribution is -2.46. The molecule has 1 aromatic rings. The molecule has 0 radical (unpaired) electrons. The number of likely N-dealkylation sites (tertiary alicyclic amines) is 1. The van der Waals surface area contributed by atoms with E-state index in [1.165, 1.54) is 0 Å². The van der Waals surface area contributed by atoms with Gasteiger partial charge in [-0.25, -0.2) is 0 Å². The van der Waals surface area contributed by atoms with E-state index in [1.807, 2.05) is 42.2 Å². The minimum atomic E-state index is -0.0683. The van der Waals surface area contributed by atoms with Crippen LogP contribution in [0.3, 0.4) is 0 Å². The molecule has 0 aromatic heterocycles. The Morgan fingerprint density at radius 3 is 2.74 bits per heavy atom. The molecule has 126 valence electrons. The summed E-state index contributed by atoms with van der Waals surface area (Å²) in [5.74, 6) is 0.172. The standard InChI is InChI=1S/C18H27N3O2/c1-2-7-17(22)21-13-6-8-15(14-21)18(23)20-12-11-19-16-9-4-3-5-10-16/h3-5,9-10,15,19H,2,6-8,11-14H2,1H3,(H,20,23)/t15-/m0/s1. The van der Waals surface area contributed by atoms with Gasteiger partial charge in [0.25, 0.3) is 0 Å². The van der Waals surface area contributed by atoms with Crippen LogP contribution in [0.5, 0.6) is 0 Å². The molecular weight excluding hydrogens is 290 g/mol. The lowest BCUT2D eigenvalue weighted by atomic mass is 9.97. The summed E-state index contributed by atoms with van der Waals surface area (Å²) in [7, 11) is 0. The van der Waals surface area contributed by atoms with Gasteiger partial charge in [0.05, 0.1) is 5.92 Å². The zero-order valence-corrected chi connectivity index (χ0v) is 13.9. The molecule has 2 amide bonds. The molecule has 0 aliphatic carbocycles. The number of rotatable bonds is 7. The molecule has 1 aliphatic heterocycles. The first-order valence-electron chi connectivity index (χ1n) is 8.55. The average Bonchev–Trinajstić information content (AvgIpc) is 2.60. The van der Waals surface area contributed by atoms with E-state index < -0.39 is 0 Å². The summed E-state index contributed by atoms with van der Waals surface area (Å²) in [6.07, 6.45) is 3.22. The smallest absolute Gasteiger partial charge is 0.224 e. The number of para-hydroxylation sites is 1. The number of amides is 2. The topological polar surface area (TPSA) is 61.4 Å². The summed E-state index contributed by atoms with van der Waals surface area (Å²) in [6, 6.07) is 9.93. The van der Waals surface area contributed by atoms with Crippen LogP contribution in [-0.2, 0) is 9.59 Å². The van der Waals surface area contributed by atoms with Crippen molar-refractivity contribution < 1.29 is 9.59 Å². The second-order valence-electron chi connectivity index (χ2n) is 6.01. The molecular formula is C18H27N3O2. The zero-order chi connectivity index (χ0) is 16.5. The van der Waals surface area contributed by atoms with Crippen LogP contribution in [0.2, 0.25) is 0 Å². The number of hydrogen-bond donors (Lipinski definition) is 2. The summed E-state index contributed by atoms with van der Waals surface area (Å²) in [4.78, 5) is 26.1. The maximum absolute atomic E-state index is 12.3. The van der Waals surface area contributed by atoms with Crippen LogP contribution >= 0.6 is 0 Å². The molecule has 5 nitrogen and oxygen atoms in total. The number of nitrogens with one attached hydrogen (secondary N) is 2. The highest BCUT2D eigenvalue weighted by atomic mass is 16.2. The van der Waals surface area contributed by atoms with Crippen molar-refractivity contribution in [3.63, 3.8) is 0 Å². The van der Waals surface area contributed by atoms with Crippen LogP contribution in [0, 0.1) is 5.92 Å². The Balaban J connectivity index is 1.69. The molecule has 5 heteroatoms. The minimum Gasteiger partial charge on any atom is -0.383 e. The fourth-order valence-corrected chi connectivity index (χ4v) is 2.88. The van der Waals surface area contributed by atoms with E-state index >= 15 is 0 Å². The van der Waals surface area contributed by atoms with Crippen molar-refractivity contribution >= 4 is 17.5 Å². The van der Waals surface area contributed by atoms with Gasteiger partial charge in [0, 0.05) is 38.3 Å². The number of carbonyl (C=O) groups is 2. The number of hydrogen-bond acceptors (Lipinski definition) is 3. The van der Waals surface area contributed by atoms with Gasteiger partial charge < -0.3 is 15.5 Å². The average molecular weight is 317 g/mol. The van der Waals surface area contributed by atoms with Crippen LogP contribution in [0.15, 0.2) is 30.3 Å². The van der Waals surface area contributed by atoms with Gasteiger partial charge in [-0.1, -0.05) is 25.1 Å². The van der Waals surface area contributed by atoms with E-state index in [0.717, 1.165) is 31.5 Å². The third kappa shape index (κ3) is 5.58. The molecule has 0 saturated carbocycles. The fourth-order valence-electron chi connectivity index (χ4n) is 2.88. The Morgan fingerprint density at radius 1 is 1.22 bits per heavy atom. The van der Waals surface area contributed by atoms with Crippen molar-refractivity contribution in [3.8, 4) is 0 Å². The highest BCUT2D eigenvalue weighted by Gasteiger charge is 2.27. The second kappa shape index (κ2) is 9.18. The third-order valence-corrected chi connectivity index (χ3v) is 4.14. The lowest BCUT2D eigenvalue weighted by molar-refractivity contribution is -0.135. The van der Waals surface area contributed by atoms with Gasteiger partial charge in [-0.15, -0.1) is 0 Å². The number of anilines is 1. The largest absolute Gasteiger partial charge is 0.383 e. The summed E-state index contributed by atoms with van der Waals surface area (Å²) >= 11 is 0. The molecule has 0 spiro atoms. The molecule has 2 rings (SSSR count). The van der Waals surface area contributed by atoms with Gasteiger partial charge in [-0.2, -0.15) is 0 Å². The first kappa shape index (κ1) is 17.3. The molecule has 23 heavy (non-hydrogen) atoms. The Kier molecular flexibility index (Phi) is 6.91. The van der Waals surface area contributed by atoms with E-state index in [9.17, 15) is 9.59 Å². The van der Waals surface area contributed by atoms with Crippen molar-refractivity contribution in [1.29, 1.82) is 0 Å². The Morgan fingerprint density at radius 2 is 2.00 bits per heavy atom. The van der Waals surface area contributed by atoms with Crippen LogP contribution in [-0.4, -0.2) is 42.9 Å². The van der Waals surface area contributed by atoms with Crippen LogP contribution in [0.4, 0.5) is 5.69 Å². The minimum absolute atomic E-state index is 0.0638. The lowest BCUT2D eigenvalue weighted by Gasteiger charge is -2.32. The molecule has 1 fully saturated rings. The van der Waals surface area contributed by atoms with Crippen LogP contribution in [0.25, 0.3) is 0 Å². The summed E-state index contributed by atoms with van der Waals surface area (Å²) in [5, 5.41) is 6.24. The van der Waals surface area contributed by atoms with Gasteiger partial charge in [-0.3, -0.25) is 9.59 Å². The quantitative estimate of drug-likeness (QED) is 0.758. The van der Waals surface area contributed by atoms with Gasteiger partial charge >= 0.3 is 0 Å². The highest BCUT2D eigenvalue weighted by molar-refractivity contribution is 5.81. The molecule has 1 heterocycles. The summed E-state index contributed by atoms with van der Waals surface area (Å²) in [6.45, 7) is 4.65. The number of benzene rings is 1. The van der Waals surface area contributed by atoms with Gasteiger partial charge in [0.15, 0.2) is 0 Å². The monoisotopic (exact) mass is 317 g/mol. The van der Waals surface area contributed by atoms with E-state index in [1.54, 1.807) is 0 Å². The van der Waals surface area contributed by atoms with E-state index in [4.69, 9.17) is 0 Å². The molecule has 1 aliphatic rings. The Bertz CT molecular complexity index is 504. The fraction of sp³-hybridized carbons (Fsp3) is 0.556. The molecule has 1 saturated heterocycles. The first-order valence-corrected chi connectivity index (χ1v) is 8.55. The molecule has 0 bridgehead atoms. The summed E-state index contributed by atoms with van der Waals surface area (Å²) < 4.78 is 0. The maximum Gasteiger partial charge on any atom is 0.224 e. The summed E-state index contributed by atoms with van der Waals surface area (Å²) in [5.41, 5.74) is 1.05. The Hall–Kier alpha value is -2.04. The zero-order valence-electron chi connectivity index (χ0n) is 13.9. The number of nitrogens with zero attached hydrogens (tertiary/aromatic N) is 1. The van der Waals surface area contributed by atoms with Crippen molar-refractivity contribution in [1.82, 2.24) is 10.2 Å². The molecule has 0 unspecified atom stereocenters. The van der Waals surface area contributed by atoms with Crippen LogP contribution in [0.1, 0.15) is 32.6 Å². The van der Waals surface area contributed by atoms with E-state index in [0.29, 0.717) is 26.1 Å². The maximum atomic E-state index is 12.3. The van der Waals surface area contributed by atoms with Crippen molar-refractivity contribution in [2.75, 3.05) is 31.5 Å². The predicted octanol–water partition coefficient (Wildman–Crippen LogP) is 2.25. The molecule has 1 aromatic carbocycles. The number of piperidine rings is 1. The van der Waals surface area contributed by atoms with Crippen molar-refractivity contribution in [2.45, 2.75) is 32.6 Å². The SMILES string of the molecule is CCCC(=O)N1CCC[C@H](C(=O)NCCNc2ccccc2)C1. The predicted molar refractivity (Wildman–Crippen MR) is 92.2 cm³/mol. The van der Waals surface area contributed by atoms with Gasteiger partial charge in [-0.05, 0) is 31.4 Å². The van der Waals surface area contributed by atoms with Crippen molar-refractivity contribution in [3.05, 3.63) is 30.3 Å². The molecule has 1 atom stereocenters. The normalized spacial score (nSPS) is 17.6. The van der Waals surface area contributed by atoms with Crippen molar-refractivity contribution in [2.24, 2.45) is 5.92 Å². The number of carbonyl (C=O) groups excluding carboxylic acids is 2. The second-order valence-corrected chi connectivity index (χ2v) is 6.01. The molecule has 2 N–H and O–H groups in total.